The van der Waals surface area contributed by atoms with Crippen LogP contribution in [0.25, 0.3) is 0 Å². The molecule has 0 radical (unpaired) electrons. The third-order valence-electron chi connectivity index (χ3n) is 2.96. The van der Waals surface area contributed by atoms with Gasteiger partial charge in [-0.3, -0.25) is 0 Å². The fourth-order valence-electron chi connectivity index (χ4n) is 1.93. The number of rotatable bonds is 3. The van der Waals surface area contributed by atoms with Crippen LogP contribution in [0.1, 0.15) is 22.8 Å². The zero-order chi connectivity index (χ0) is 14.0. The molecule has 1 atom stereocenters. The SMILES string of the molecule is Cc1cc(C(O)Cc2cccc(Br)c2)c(Cl)cc1F. The van der Waals surface area contributed by atoms with E-state index in [2.05, 4.69) is 15.9 Å². The first-order chi connectivity index (χ1) is 8.97. The largest absolute Gasteiger partial charge is 0.388 e. The molecule has 0 aliphatic rings. The molecule has 0 amide bonds. The van der Waals surface area contributed by atoms with E-state index < -0.39 is 6.10 Å². The summed E-state index contributed by atoms with van der Waals surface area (Å²) >= 11 is 9.37. The van der Waals surface area contributed by atoms with Gasteiger partial charge in [-0.25, -0.2) is 4.39 Å². The van der Waals surface area contributed by atoms with Crippen molar-refractivity contribution in [2.24, 2.45) is 0 Å². The summed E-state index contributed by atoms with van der Waals surface area (Å²) in [5, 5.41) is 10.5. The summed E-state index contributed by atoms with van der Waals surface area (Å²) in [6.45, 7) is 1.65. The van der Waals surface area contributed by atoms with E-state index in [1.54, 1.807) is 13.0 Å². The molecule has 0 spiro atoms. The molecule has 0 saturated carbocycles. The molecule has 19 heavy (non-hydrogen) atoms. The molecule has 1 N–H and O–H groups in total. The molecule has 0 fully saturated rings. The normalized spacial score (nSPS) is 12.5. The Balaban J connectivity index is 2.25. The first-order valence-electron chi connectivity index (χ1n) is 5.85. The first kappa shape index (κ1) is 14.5. The second kappa shape index (κ2) is 6.04. The van der Waals surface area contributed by atoms with E-state index >= 15 is 0 Å². The van der Waals surface area contributed by atoms with Gasteiger partial charge in [0.15, 0.2) is 0 Å². The molecule has 0 aromatic heterocycles. The lowest BCUT2D eigenvalue weighted by Gasteiger charge is -2.14. The van der Waals surface area contributed by atoms with E-state index in [9.17, 15) is 9.50 Å². The van der Waals surface area contributed by atoms with Crippen LogP contribution in [0.2, 0.25) is 5.02 Å². The van der Waals surface area contributed by atoms with Crippen molar-refractivity contribution in [1.29, 1.82) is 0 Å². The molecule has 0 bridgehead atoms. The molecule has 0 saturated heterocycles. The van der Waals surface area contributed by atoms with Gasteiger partial charge in [0, 0.05) is 15.9 Å². The maximum Gasteiger partial charge on any atom is 0.127 e. The van der Waals surface area contributed by atoms with Gasteiger partial charge in [-0.05, 0) is 47.9 Å². The highest BCUT2D eigenvalue weighted by molar-refractivity contribution is 9.10. The molecule has 0 heterocycles. The Morgan fingerprint density at radius 2 is 2.05 bits per heavy atom. The lowest BCUT2D eigenvalue weighted by molar-refractivity contribution is 0.178. The highest BCUT2D eigenvalue weighted by Gasteiger charge is 2.14. The summed E-state index contributed by atoms with van der Waals surface area (Å²) in [4.78, 5) is 0. The third-order valence-corrected chi connectivity index (χ3v) is 3.78. The Labute approximate surface area is 125 Å². The molecule has 1 unspecified atom stereocenters. The van der Waals surface area contributed by atoms with Crippen LogP contribution in [0.4, 0.5) is 4.39 Å². The average molecular weight is 344 g/mol. The van der Waals surface area contributed by atoms with Gasteiger partial charge < -0.3 is 5.11 Å². The maximum atomic E-state index is 13.3. The van der Waals surface area contributed by atoms with Gasteiger partial charge in [0.05, 0.1) is 6.10 Å². The molecule has 2 rings (SSSR count). The van der Waals surface area contributed by atoms with Crippen LogP contribution in [-0.2, 0) is 6.42 Å². The van der Waals surface area contributed by atoms with Crippen molar-refractivity contribution in [2.45, 2.75) is 19.4 Å². The number of benzene rings is 2. The lowest BCUT2D eigenvalue weighted by atomic mass is 10.00. The zero-order valence-corrected chi connectivity index (χ0v) is 12.7. The van der Waals surface area contributed by atoms with Gasteiger partial charge in [-0.1, -0.05) is 39.7 Å². The second-order valence-electron chi connectivity index (χ2n) is 4.47. The minimum atomic E-state index is -0.749. The van der Waals surface area contributed by atoms with Crippen molar-refractivity contribution in [2.75, 3.05) is 0 Å². The van der Waals surface area contributed by atoms with Gasteiger partial charge >= 0.3 is 0 Å². The Hall–Kier alpha value is -0.900. The van der Waals surface area contributed by atoms with Gasteiger partial charge in [0.25, 0.3) is 0 Å². The summed E-state index contributed by atoms with van der Waals surface area (Å²) < 4.78 is 14.3. The predicted molar refractivity (Wildman–Crippen MR) is 79.0 cm³/mol. The van der Waals surface area contributed by atoms with Crippen LogP contribution in [0.15, 0.2) is 40.9 Å². The highest BCUT2D eigenvalue weighted by atomic mass is 79.9. The van der Waals surface area contributed by atoms with E-state index in [1.165, 1.54) is 6.07 Å². The van der Waals surface area contributed by atoms with Crippen LogP contribution in [-0.4, -0.2) is 5.11 Å². The second-order valence-corrected chi connectivity index (χ2v) is 5.80. The molecule has 100 valence electrons. The van der Waals surface area contributed by atoms with Crippen LogP contribution in [0.5, 0.6) is 0 Å². The molecule has 1 nitrogen and oxygen atoms in total. The summed E-state index contributed by atoms with van der Waals surface area (Å²) in [5.74, 6) is -0.358. The van der Waals surface area contributed by atoms with Crippen LogP contribution in [0.3, 0.4) is 0 Å². The standard InChI is InChI=1S/C15H13BrClFO/c1-9-5-12(13(17)8-14(9)18)15(19)7-10-3-2-4-11(16)6-10/h2-6,8,15,19H,7H2,1H3. The summed E-state index contributed by atoms with van der Waals surface area (Å²) in [6, 6.07) is 10.5. The number of aliphatic hydroxyl groups is 1. The lowest BCUT2D eigenvalue weighted by Crippen LogP contribution is -2.04. The molecule has 2 aromatic rings. The van der Waals surface area contributed by atoms with Crippen molar-refractivity contribution in [3.63, 3.8) is 0 Å². The smallest absolute Gasteiger partial charge is 0.127 e. The Kier molecular flexibility index (Phi) is 4.61. The maximum absolute atomic E-state index is 13.3. The average Bonchev–Trinajstić information content (AvgIpc) is 2.33. The Bertz CT molecular complexity index is 601. The highest BCUT2D eigenvalue weighted by Crippen LogP contribution is 2.28. The summed E-state index contributed by atoms with van der Waals surface area (Å²) in [7, 11) is 0. The van der Waals surface area contributed by atoms with Gasteiger partial charge in [0.1, 0.15) is 5.82 Å². The molecular formula is C15H13BrClFO. The topological polar surface area (TPSA) is 20.2 Å². The monoisotopic (exact) mass is 342 g/mol. The van der Waals surface area contributed by atoms with E-state index in [-0.39, 0.29) is 10.8 Å². The summed E-state index contributed by atoms with van der Waals surface area (Å²) in [6.07, 6.45) is -0.314. The molecule has 0 aliphatic carbocycles. The fourth-order valence-corrected chi connectivity index (χ4v) is 2.66. The quantitative estimate of drug-likeness (QED) is 0.846. The third kappa shape index (κ3) is 3.56. The predicted octanol–water partition coefficient (Wildman–Crippen LogP) is 4.83. The zero-order valence-electron chi connectivity index (χ0n) is 10.3. The van der Waals surface area contributed by atoms with Gasteiger partial charge in [0.2, 0.25) is 0 Å². The minimum absolute atomic E-state index is 0.255. The molecule has 2 aromatic carbocycles. The first-order valence-corrected chi connectivity index (χ1v) is 7.02. The van der Waals surface area contributed by atoms with E-state index in [4.69, 9.17) is 11.6 Å². The van der Waals surface area contributed by atoms with Crippen LogP contribution < -0.4 is 0 Å². The molecule has 0 aliphatic heterocycles. The van der Waals surface area contributed by atoms with Crippen LogP contribution >= 0.6 is 27.5 Å². The number of hydrogen-bond donors (Lipinski definition) is 1. The number of aryl methyl sites for hydroxylation is 1. The van der Waals surface area contributed by atoms with E-state index in [1.807, 2.05) is 24.3 Å². The van der Waals surface area contributed by atoms with Crippen molar-refractivity contribution in [3.8, 4) is 0 Å². The summed E-state index contributed by atoms with van der Waals surface area (Å²) in [5.41, 5.74) is 2.02. The van der Waals surface area contributed by atoms with Crippen LogP contribution in [0, 0.1) is 12.7 Å². The van der Waals surface area contributed by atoms with Crippen molar-refractivity contribution >= 4 is 27.5 Å². The Morgan fingerprint density at radius 3 is 2.74 bits per heavy atom. The van der Waals surface area contributed by atoms with Crippen molar-refractivity contribution < 1.29 is 9.50 Å². The Morgan fingerprint density at radius 1 is 1.32 bits per heavy atom. The van der Waals surface area contributed by atoms with Gasteiger partial charge in [-0.2, -0.15) is 0 Å². The molecular weight excluding hydrogens is 331 g/mol. The van der Waals surface area contributed by atoms with E-state index in [0.29, 0.717) is 17.5 Å². The van der Waals surface area contributed by atoms with E-state index in [0.717, 1.165) is 10.0 Å². The van der Waals surface area contributed by atoms with Crippen molar-refractivity contribution in [1.82, 2.24) is 0 Å². The van der Waals surface area contributed by atoms with Gasteiger partial charge in [-0.15, -0.1) is 0 Å². The number of halogens is 3. The number of aliphatic hydroxyl groups excluding tert-OH is 1. The minimum Gasteiger partial charge on any atom is -0.388 e. The fraction of sp³-hybridized carbons (Fsp3) is 0.200. The number of hydrogen-bond acceptors (Lipinski definition) is 1. The van der Waals surface area contributed by atoms with Crippen molar-refractivity contribution in [3.05, 3.63) is 68.4 Å². The molecule has 4 heteroatoms.